The molecule has 1 aromatic heterocycles. The Morgan fingerprint density at radius 1 is 1.60 bits per heavy atom. The molecule has 0 amide bonds. The van der Waals surface area contributed by atoms with E-state index < -0.39 is 0 Å². The van der Waals surface area contributed by atoms with E-state index in [2.05, 4.69) is 45.2 Å². The molecule has 0 bridgehead atoms. The second-order valence-electron chi connectivity index (χ2n) is 4.66. The zero-order valence-electron chi connectivity index (χ0n) is 9.29. The van der Waals surface area contributed by atoms with E-state index in [4.69, 9.17) is 0 Å². The average molecular weight is 289 g/mol. The van der Waals surface area contributed by atoms with E-state index in [9.17, 15) is 0 Å². The summed E-state index contributed by atoms with van der Waals surface area (Å²) in [4.78, 5) is 6.88. The van der Waals surface area contributed by atoms with Crippen molar-refractivity contribution in [2.45, 2.75) is 26.3 Å². The molecule has 84 valence electrons. The van der Waals surface area contributed by atoms with Gasteiger partial charge in [0.15, 0.2) is 0 Å². The zero-order valence-corrected chi connectivity index (χ0v) is 11.7. The molecule has 1 aliphatic carbocycles. The number of nitrogens with zero attached hydrogens (tertiary/aromatic N) is 2. The van der Waals surface area contributed by atoms with Crippen molar-refractivity contribution in [3.05, 3.63) is 16.1 Å². The summed E-state index contributed by atoms with van der Waals surface area (Å²) in [7, 11) is 2.19. The van der Waals surface area contributed by atoms with Crippen LogP contribution in [0.25, 0.3) is 0 Å². The van der Waals surface area contributed by atoms with Gasteiger partial charge in [-0.15, -0.1) is 11.3 Å². The van der Waals surface area contributed by atoms with Crippen LogP contribution in [-0.2, 0) is 6.54 Å². The van der Waals surface area contributed by atoms with Gasteiger partial charge in [0, 0.05) is 23.8 Å². The predicted octanol–water partition coefficient (Wildman–Crippen LogP) is 3.06. The van der Waals surface area contributed by atoms with E-state index in [-0.39, 0.29) is 0 Å². The Kier molecular flexibility index (Phi) is 3.48. The van der Waals surface area contributed by atoms with Crippen LogP contribution in [0.15, 0.2) is 5.38 Å². The average Bonchev–Trinajstić information content (AvgIpc) is 2.84. The van der Waals surface area contributed by atoms with Gasteiger partial charge >= 0.3 is 0 Å². The third-order valence-electron chi connectivity index (χ3n) is 2.94. The molecule has 2 rings (SSSR count). The maximum atomic E-state index is 4.49. The van der Waals surface area contributed by atoms with Crippen molar-refractivity contribution in [2.24, 2.45) is 5.41 Å². The largest absolute Gasteiger partial charge is 0.300 e. The lowest BCUT2D eigenvalue weighted by Crippen LogP contribution is -2.27. The van der Waals surface area contributed by atoms with Gasteiger partial charge in [-0.05, 0) is 32.2 Å². The smallest absolute Gasteiger partial charge is 0.0897 e. The minimum absolute atomic E-state index is 0.569. The predicted molar refractivity (Wildman–Crippen MR) is 68.6 cm³/mol. The molecule has 4 heteroatoms. The van der Waals surface area contributed by atoms with Gasteiger partial charge in [0.2, 0.25) is 0 Å². The van der Waals surface area contributed by atoms with Crippen LogP contribution in [0.4, 0.5) is 0 Å². The van der Waals surface area contributed by atoms with E-state index in [0.29, 0.717) is 5.41 Å². The van der Waals surface area contributed by atoms with Gasteiger partial charge in [0.05, 0.1) is 10.7 Å². The Labute approximate surface area is 104 Å². The van der Waals surface area contributed by atoms with Crippen molar-refractivity contribution < 1.29 is 0 Å². The number of halogens is 1. The topological polar surface area (TPSA) is 16.1 Å². The summed E-state index contributed by atoms with van der Waals surface area (Å²) < 4.78 is 0. The summed E-state index contributed by atoms with van der Waals surface area (Å²) in [5, 5.41) is 4.47. The molecule has 2 nitrogen and oxygen atoms in total. The molecule has 1 aliphatic rings. The van der Waals surface area contributed by atoms with Crippen LogP contribution in [0, 0.1) is 12.3 Å². The molecule has 1 fully saturated rings. The molecule has 0 unspecified atom stereocenters. The monoisotopic (exact) mass is 288 g/mol. The molecule has 1 saturated carbocycles. The Morgan fingerprint density at radius 2 is 2.33 bits per heavy atom. The van der Waals surface area contributed by atoms with Crippen LogP contribution in [0.3, 0.4) is 0 Å². The van der Waals surface area contributed by atoms with E-state index >= 15 is 0 Å². The third-order valence-corrected chi connectivity index (χ3v) is 4.96. The van der Waals surface area contributed by atoms with Crippen LogP contribution in [0.1, 0.15) is 23.5 Å². The highest BCUT2D eigenvalue weighted by molar-refractivity contribution is 9.09. The lowest BCUT2D eigenvalue weighted by Gasteiger charge is -2.21. The van der Waals surface area contributed by atoms with Crippen molar-refractivity contribution in [3.8, 4) is 0 Å². The molecule has 0 spiro atoms. The molecule has 1 heterocycles. The van der Waals surface area contributed by atoms with E-state index in [1.807, 2.05) is 0 Å². The highest BCUT2D eigenvalue weighted by Crippen LogP contribution is 2.47. The molecule has 0 radical (unpaired) electrons. The first-order chi connectivity index (χ1) is 7.13. The maximum absolute atomic E-state index is 4.49. The number of hydrogen-bond donors (Lipinski definition) is 0. The van der Waals surface area contributed by atoms with Crippen LogP contribution in [-0.4, -0.2) is 28.8 Å². The van der Waals surface area contributed by atoms with Crippen molar-refractivity contribution in [3.63, 3.8) is 0 Å². The SMILES string of the molecule is Cc1nc(CN(C)CC2(CBr)CC2)cs1. The summed E-state index contributed by atoms with van der Waals surface area (Å²) in [6.07, 6.45) is 2.75. The first-order valence-corrected chi connectivity index (χ1v) is 7.29. The molecule has 0 aromatic carbocycles. The fourth-order valence-corrected chi connectivity index (χ4v) is 3.24. The molecule has 15 heavy (non-hydrogen) atoms. The van der Waals surface area contributed by atoms with Crippen molar-refractivity contribution in [1.29, 1.82) is 0 Å². The Hall–Kier alpha value is 0.0700. The standard InChI is InChI=1S/C11H17BrN2S/c1-9-13-10(6-15-9)5-14(2)8-11(7-12)3-4-11/h6H,3-5,7-8H2,1-2H3. The van der Waals surface area contributed by atoms with Crippen LogP contribution in [0.5, 0.6) is 0 Å². The van der Waals surface area contributed by atoms with Crippen molar-refractivity contribution >= 4 is 27.3 Å². The number of rotatable bonds is 5. The number of aromatic nitrogens is 1. The Bertz CT molecular complexity index is 333. The first-order valence-electron chi connectivity index (χ1n) is 5.29. The lowest BCUT2D eigenvalue weighted by molar-refractivity contribution is 0.268. The summed E-state index contributed by atoms with van der Waals surface area (Å²) in [5.74, 6) is 0. The second kappa shape index (κ2) is 4.52. The van der Waals surface area contributed by atoms with E-state index in [1.54, 1.807) is 11.3 Å². The van der Waals surface area contributed by atoms with Crippen LogP contribution >= 0.6 is 27.3 Å². The fourth-order valence-electron chi connectivity index (χ4n) is 1.90. The summed E-state index contributed by atoms with van der Waals surface area (Å²) >= 11 is 5.35. The van der Waals surface area contributed by atoms with Gasteiger partial charge in [-0.25, -0.2) is 4.98 Å². The molecule has 1 aromatic rings. The molecule has 0 saturated heterocycles. The van der Waals surface area contributed by atoms with Crippen LogP contribution in [0.2, 0.25) is 0 Å². The third kappa shape index (κ3) is 3.02. The molecular formula is C11H17BrN2S. The number of hydrogen-bond acceptors (Lipinski definition) is 3. The Balaban J connectivity index is 1.84. The number of alkyl halides is 1. The molecule has 0 aliphatic heterocycles. The number of thiazole rings is 1. The lowest BCUT2D eigenvalue weighted by atomic mass is 10.1. The van der Waals surface area contributed by atoms with Crippen molar-refractivity contribution in [1.82, 2.24) is 9.88 Å². The quantitative estimate of drug-likeness (QED) is 0.774. The van der Waals surface area contributed by atoms with Gasteiger partial charge in [0.25, 0.3) is 0 Å². The van der Waals surface area contributed by atoms with E-state index in [1.165, 1.54) is 30.1 Å². The minimum Gasteiger partial charge on any atom is -0.300 e. The van der Waals surface area contributed by atoms with Gasteiger partial charge in [-0.3, -0.25) is 4.90 Å². The fraction of sp³-hybridized carbons (Fsp3) is 0.727. The second-order valence-corrected chi connectivity index (χ2v) is 6.29. The van der Waals surface area contributed by atoms with Crippen molar-refractivity contribution in [2.75, 3.05) is 18.9 Å². The summed E-state index contributed by atoms with van der Waals surface area (Å²) in [6.45, 7) is 4.24. The normalized spacial score (nSPS) is 18.4. The summed E-state index contributed by atoms with van der Waals surface area (Å²) in [6, 6.07) is 0. The highest BCUT2D eigenvalue weighted by Gasteiger charge is 2.42. The maximum Gasteiger partial charge on any atom is 0.0897 e. The molecular weight excluding hydrogens is 272 g/mol. The number of aryl methyl sites for hydroxylation is 1. The molecule has 0 atom stereocenters. The summed E-state index contributed by atoms with van der Waals surface area (Å²) in [5.41, 5.74) is 1.78. The van der Waals surface area contributed by atoms with Gasteiger partial charge in [-0.2, -0.15) is 0 Å². The molecule has 0 N–H and O–H groups in total. The zero-order chi connectivity index (χ0) is 10.9. The van der Waals surface area contributed by atoms with Crippen LogP contribution < -0.4 is 0 Å². The van der Waals surface area contributed by atoms with E-state index in [0.717, 1.165) is 11.9 Å². The highest BCUT2D eigenvalue weighted by atomic mass is 79.9. The van der Waals surface area contributed by atoms with Gasteiger partial charge < -0.3 is 0 Å². The van der Waals surface area contributed by atoms with Gasteiger partial charge in [0.1, 0.15) is 0 Å². The van der Waals surface area contributed by atoms with Gasteiger partial charge in [-0.1, -0.05) is 15.9 Å². The Morgan fingerprint density at radius 3 is 2.80 bits per heavy atom. The minimum atomic E-state index is 0.569. The first kappa shape index (κ1) is 11.6.